The summed E-state index contributed by atoms with van der Waals surface area (Å²) in [4.78, 5) is 72.2. The molecule has 83 heavy (non-hydrogen) atoms. The van der Waals surface area contributed by atoms with Crippen molar-refractivity contribution in [3.05, 3.63) is 0 Å². The van der Waals surface area contributed by atoms with Crippen LogP contribution >= 0.6 is 15.6 Å². The predicted octanol–water partition coefficient (Wildman–Crippen LogP) is 17.8. The number of hydrogen-bond acceptors (Lipinski definition) is 15. The number of carbonyl (C=O) groups excluding carboxylic acids is 4. The van der Waals surface area contributed by atoms with E-state index in [4.69, 9.17) is 37.0 Å². The van der Waals surface area contributed by atoms with Gasteiger partial charge < -0.3 is 33.8 Å². The largest absolute Gasteiger partial charge is 0.472 e. The highest BCUT2D eigenvalue weighted by molar-refractivity contribution is 7.47. The molecule has 0 spiro atoms. The van der Waals surface area contributed by atoms with Gasteiger partial charge in [0.1, 0.15) is 19.3 Å². The van der Waals surface area contributed by atoms with Gasteiger partial charge in [0.15, 0.2) is 12.2 Å². The molecule has 0 aliphatic carbocycles. The molecule has 0 fully saturated rings. The molecule has 3 N–H and O–H groups in total. The van der Waals surface area contributed by atoms with Gasteiger partial charge in [-0.25, -0.2) is 9.13 Å². The van der Waals surface area contributed by atoms with E-state index in [1.165, 1.54) is 141 Å². The number of phosphoric ester groups is 2. The number of ether oxygens (including phenoxy) is 4. The number of esters is 4. The van der Waals surface area contributed by atoms with E-state index >= 15 is 0 Å². The summed E-state index contributed by atoms with van der Waals surface area (Å²) in [6.07, 6.45) is 41.5. The van der Waals surface area contributed by atoms with Crippen LogP contribution in [0.4, 0.5) is 0 Å². The van der Waals surface area contributed by atoms with Crippen molar-refractivity contribution in [3.8, 4) is 0 Å². The van der Waals surface area contributed by atoms with E-state index in [1.807, 2.05) is 0 Å². The molecular weight excluding hydrogens is 1100 g/mol. The van der Waals surface area contributed by atoms with Gasteiger partial charge in [0.2, 0.25) is 0 Å². The van der Waals surface area contributed by atoms with E-state index in [0.29, 0.717) is 25.7 Å². The standard InChI is InChI=1S/C64H124O17P2/c1-6-10-13-16-19-22-25-28-31-37-42-47-61(66)74-53-59(80-63(68)49-44-39-32-29-26-23-20-17-14-11-7-2)55-78-82(70,71)76-51-58(65)52-77-83(72,73)79-56-60(54-75-62(67)48-43-38-35-34-36-41-46-57(5)9-4)81-64(69)50-45-40-33-30-27-24-21-18-15-12-8-3/h57-60,65H,6-56H2,1-5H3,(H,70,71)(H,72,73)/t57?,58-,59-,60-/m1/s1. The van der Waals surface area contributed by atoms with E-state index in [9.17, 15) is 43.2 Å². The Bertz CT molecular complexity index is 1620. The maximum Gasteiger partial charge on any atom is 0.472 e. The first kappa shape index (κ1) is 81.1. The molecule has 0 saturated heterocycles. The number of aliphatic hydroxyl groups excluding tert-OH is 1. The fourth-order valence-corrected chi connectivity index (χ4v) is 11.1. The van der Waals surface area contributed by atoms with Gasteiger partial charge in [-0.05, 0) is 31.6 Å². The molecule has 0 aromatic carbocycles. The second-order valence-electron chi connectivity index (χ2n) is 23.4. The highest BCUT2D eigenvalue weighted by Gasteiger charge is 2.30. The SMILES string of the molecule is CCCCCCCCCCCCCC(=O)OC[C@H](COP(=O)(O)OC[C@@H](O)COP(=O)(O)OC[C@@H](COC(=O)CCCCCCCCC(C)CC)OC(=O)CCCCCCCCCCCCC)OC(=O)CCCCCCCCCCCCC. The van der Waals surface area contributed by atoms with Crippen molar-refractivity contribution < 1.29 is 80.2 Å². The van der Waals surface area contributed by atoms with E-state index in [-0.39, 0.29) is 25.7 Å². The zero-order valence-corrected chi connectivity index (χ0v) is 55.1. The van der Waals surface area contributed by atoms with E-state index in [0.717, 1.165) is 102 Å². The molecular formula is C64H124O17P2. The normalized spacial score (nSPS) is 14.6. The molecule has 0 aliphatic heterocycles. The average molecular weight is 1230 g/mol. The Kier molecular flexibility index (Phi) is 56.4. The lowest BCUT2D eigenvalue weighted by molar-refractivity contribution is -0.161. The van der Waals surface area contributed by atoms with Crippen LogP contribution in [0.5, 0.6) is 0 Å². The van der Waals surface area contributed by atoms with E-state index < -0.39 is 97.5 Å². The Hall–Kier alpha value is -1.94. The van der Waals surface area contributed by atoms with Crippen LogP contribution < -0.4 is 0 Å². The van der Waals surface area contributed by atoms with Crippen molar-refractivity contribution in [3.63, 3.8) is 0 Å². The molecule has 492 valence electrons. The van der Waals surface area contributed by atoms with Gasteiger partial charge in [0.25, 0.3) is 0 Å². The zero-order chi connectivity index (χ0) is 61.3. The van der Waals surface area contributed by atoms with Crippen molar-refractivity contribution in [2.45, 2.75) is 342 Å². The van der Waals surface area contributed by atoms with Gasteiger partial charge in [-0.1, -0.05) is 272 Å². The van der Waals surface area contributed by atoms with Gasteiger partial charge in [-0.3, -0.25) is 37.3 Å². The molecule has 0 rings (SSSR count). The lowest BCUT2D eigenvalue weighted by atomic mass is 10.00. The summed E-state index contributed by atoms with van der Waals surface area (Å²) < 4.78 is 68.0. The summed E-state index contributed by atoms with van der Waals surface area (Å²) in [5.41, 5.74) is 0. The summed E-state index contributed by atoms with van der Waals surface area (Å²) >= 11 is 0. The molecule has 0 radical (unpaired) electrons. The first-order valence-electron chi connectivity index (χ1n) is 33.7. The average Bonchev–Trinajstić information content (AvgIpc) is 3.46. The molecule has 19 heteroatoms. The molecule has 0 amide bonds. The third-order valence-corrected chi connectivity index (χ3v) is 17.0. The Morgan fingerprint density at radius 3 is 0.855 bits per heavy atom. The summed E-state index contributed by atoms with van der Waals surface area (Å²) in [5, 5.41) is 10.5. The fourth-order valence-electron chi connectivity index (χ4n) is 9.55. The van der Waals surface area contributed by atoms with Gasteiger partial charge in [0, 0.05) is 25.7 Å². The maximum atomic E-state index is 13.0. The van der Waals surface area contributed by atoms with E-state index in [2.05, 4.69) is 34.6 Å². The van der Waals surface area contributed by atoms with Crippen LogP contribution in [0.3, 0.4) is 0 Å². The first-order chi connectivity index (χ1) is 40.1. The van der Waals surface area contributed by atoms with Crippen molar-refractivity contribution in [1.82, 2.24) is 0 Å². The third-order valence-electron chi connectivity index (χ3n) is 15.1. The van der Waals surface area contributed by atoms with Crippen LogP contribution in [-0.2, 0) is 65.4 Å². The number of carbonyl (C=O) groups is 4. The van der Waals surface area contributed by atoms with Gasteiger partial charge in [0.05, 0.1) is 26.4 Å². The Balaban J connectivity index is 5.25. The molecule has 0 aromatic heterocycles. The fraction of sp³-hybridized carbons (Fsp3) is 0.938. The summed E-state index contributed by atoms with van der Waals surface area (Å²) in [5.74, 6) is -1.40. The van der Waals surface area contributed by atoms with Crippen molar-refractivity contribution in [2.24, 2.45) is 5.92 Å². The third kappa shape index (κ3) is 57.6. The topological polar surface area (TPSA) is 237 Å². The van der Waals surface area contributed by atoms with Crippen LogP contribution in [0.15, 0.2) is 0 Å². The van der Waals surface area contributed by atoms with Crippen LogP contribution in [0.1, 0.15) is 324 Å². The number of rotatable bonds is 64. The zero-order valence-electron chi connectivity index (χ0n) is 53.3. The summed E-state index contributed by atoms with van der Waals surface area (Å²) in [7, 11) is -9.88. The minimum Gasteiger partial charge on any atom is -0.462 e. The van der Waals surface area contributed by atoms with Gasteiger partial charge >= 0.3 is 39.5 Å². The number of unbranched alkanes of at least 4 members (excludes halogenated alkanes) is 35. The molecule has 6 atom stereocenters. The van der Waals surface area contributed by atoms with Crippen LogP contribution in [0.2, 0.25) is 0 Å². The molecule has 0 aliphatic rings. The molecule has 0 aromatic rings. The van der Waals surface area contributed by atoms with Crippen molar-refractivity contribution in [1.29, 1.82) is 0 Å². The Morgan fingerprint density at radius 2 is 0.578 bits per heavy atom. The number of hydrogen-bond donors (Lipinski definition) is 3. The lowest BCUT2D eigenvalue weighted by Crippen LogP contribution is -2.30. The highest BCUT2D eigenvalue weighted by atomic mass is 31.2. The quantitative estimate of drug-likeness (QED) is 0.0222. The molecule has 3 unspecified atom stereocenters. The van der Waals surface area contributed by atoms with Crippen LogP contribution in [0.25, 0.3) is 0 Å². The smallest absolute Gasteiger partial charge is 0.462 e. The molecule has 0 saturated carbocycles. The molecule has 0 heterocycles. The second-order valence-corrected chi connectivity index (χ2v) is 26.3. The van der Waals surface area contributed by atoms with Crippen LogP contribution in [-0.4, -0.2) is 96.7 Å². The molecule has 17 nitrogen and oxygen atoms in total. The predicted molar refractivity (Wildman–Crippen MR) is 331 cm³/mol. The number of phosphoric acid groups is 2. The Morgan fingerprint density at radius 1 is 0.337 bits per heavy atom. The van der Waals surface area contributed by atoms with Crippen molar-refractivity contribution >= 4 is 39.5 Å². The molecule has 0 bridgehead atoms. The van der Waals surface area contributed by atoms with Crippen LogP contribution in [0, 0.1) is 5.92 Å². The first-order valence-corrected chi connectivity index (χ1v) is 36.7. The maximum absolute atomic E-state index is 13.0. The minimum atomic E-state index is -4.94. The summed E-state index contributed by atoms with van der Waals surface area (Å²) in [6, 6.07) is 0. The number of aliphatic hydroxyl groups is 1. The second kappa shape index (κ2) is 57.8. The summed E-state index contributed by atoms with van der Waals surface area (Å²) in [6.45, 7) is 7.15. The Labute approximate surface area is 505 Å². The van der Waals surface area contributed by atoms with Gasteiger partial charge in [-0.15, -0.1) is 0 Å². The highest BCUT2D eigenvalue weighted by Crippen LogP contribution is 2.45. The lowest BCUT2D eigenvalue weighted by Gasteiger charge is -2.21. The van der Waals surface area contributed by atoms with E-state index in [1.54, 1.807) is 0 Å². The monoisotopic (exact) mass is 1230 g/mol. The van der Waals surface area contributed by atoms with Gasteiger partial charge in [-0.2, -0.15) is 0 Å². The minimum absolute atomic E-state index is 0.106. The van der Waals surface area contributed by atoms with Crippen molar-refractivity contribution in [2.75, 3.05) is 39.6 Å².